The molecular weight excluding hydrogens is 440 g/mol. The van der Waals surface area contributed by atoms with Crippen LogP contribution in [-0.2, 0) is 22.4 Å². The first-order chi connectivity index (χ1) is 17.0. The number of carbonyl (C=O) groups excluding carboxylic acids is 2. The maximum absolute atomic E-state index is 13.1. The lowest BCUT2D eigenvalue weighted by atomic mass is 9.93. The molecule has 2 amide bonds. The second-order valence-electron chi connectivity index (χ2n) is 8.15. The molecular formula is C28H38N4O3. The van der Waals surface area contributed by atoms with E-state index >= 15 is 0 Å². The van der Waals surface area contributed by atoms with E-state index in [1.165, 1.54) is 0 Å². The van der Waals surface area contributed by atoms with Crippen molar-refractivity contribution < 1.29 is 14.7 Å². The number of aromatic hydroxyl groups is 1. The zero-order chi connectivity index (χ0) is 25.6. The van der Waals surface area contributed by atoms with Gasteiger partial charge in [-0.25, -0.2) is 0 Å². The number of allylic oxidation sites excluding steroid dienone is 3. The molecule has 0 saturated carbocycles. The Kier molecular flexibility index (Phi) is 11.4. The molecule has 1 atom stereocenters. The van der Waals surface area contributed by atoms with Crippen LogP contribution < -0.4 is 16.4 Å². The Bertz CT molecular complexity index is 1020. The molecule has 1 aliphatic heterocycles. The zero-order valence-electron chi connectivity index (χ0n) is 21.0. The molecule has 0 fully saturated rings. The van der Waals surface area contributed by atoms with Gasteiger partial charge in [-0.2, -0.15) is 0 Å². The topological polar surface area (TPSA) is 108 Å². The summed E-state index contributed by atoms with van der Waals surface area (Å²) in [5.41, 5.74) is 10.4. The average Bonchev–Trinajstić information content (AvgIpc) is 2.87. The minimum absolute atomic E-state index is 0.0486. The fourth-order valence-electron chi connectivity index (χ4n) is 3.89. The number of nitrogens with two attached hydrogens (primary N) is 1. The van der Waals surface area contributed by atoms with Crippen molar-refractivity contribution in [1.82, 2.24) is 10.2 Å². The molecule has 0 radical (unpaired) electrons. The van der Waals surface area contributed by atoms with E-state index in [0.717, 1.165) is 28.9 Å². The first-order valence-corrected chi connectivity index (χ1v) is 12.2. The number of phenols is 1. The summed E-state index contributed by atoms with van der Waals surface area (Å²) in [6.07, 6.45) is 8.27. The highest BCUT2D eigenvalue weighted by molar-refractivity contribution is 5.79. The number of anilines is 2. The first-order valence-electron chi connectivity index (χ1n) is 12.2. The number of phenolic OH excluding ortho intramolecular Hbond substituents is 1. The lowest BCUT2D eigenvalue weighted by molar-refractivity contribution is -0.126. The highest BCUT2D eigenvalue weighted by atomic mass is 16.3. The van der Waals surface area contributed by atoms with Gasteiger partial charge in [-0.15, -0.1) is 0 Å². The van der Waals surface area contributed by atoms with E-state index in [4.69, 9.17) is 5.73 Å². The van der Waals surface area contributed by atoms with Gasteiger partial charge in [-0.05, 0) is 73.7 Å². The third-order valence-corrected chi connectivity index (χ3v) is 5.77. The van der Waals surface area contributed by atoms with E-state index < -0.39 is 0 Å². The molecule has 0 aromatic heterocycles. The standard InChI is InChI=1S/C26H32N4O3.C2H6/c1-2-3-4-23-17-29-25-10-7-22(27)16-21(25)15-20(12-14-30(23)18-31)26(33)28-13-11-19-5-8-24(32)9-6-19;1-2/h2-10,16,18,20,29,32H,11-15,17,27H2,1H3,(H,28,33);1-2H3/b3-2-,23-4-;. The summed E-state index contributed by atoms with van der Waals surface area (Å²) in [5, 5.41) is 15.9. The van der Waals surface area contributed by atoms with Gasteiger partial charge >= 0.3 is 0 Å². The maximum Gasteiger partial charge on any atom is 0.223 e. The summed E-state index contributed by atoms with van der Waals surface area (Å²) in [6.45, 7) is 7.35. The van der Waals surface area contributed by atoms with E-state index in [1.807, 2.05) is 69.3 Å². The predicted octanol–water partition coefficient (Wildman–Crippen LogP) is 4.25. The van der Waals surface area contributed by atoms with Crippen molar-refractivity contribution in [2.75, 3.05) is 30.7 Å². The summed E-state index contributed by atoms with van der Waals surface area (Å²) < 4.78 is 0. The number of benzene rings is 2. The number of carbonyl (C=O) groups is 2. The molecule has 0 saturated heterocycles. The SMILES string of the molecule is C/C=C\C=C1\CNc2ccc(N)cc2CC(C(=O)NCCc2ccc(O)cc2)CCN1C=O.CC. The Morgan fingerprint density at radius 3 is 2.66 bits per heavy atom. The highest BCUT2D eigenvalue weighted by Crippen LogP contribution is 2.26. The first kappa shape index (κ1) is 27.5. The van der Waals surface area contributed by atoms with Crippen LogP contribution in [0.25, 0.3) is 0 Å². The Morgan fingerprint density at radius 2 is 1.97 bits per heavy atom. The molecule has 3 rings (SSSR count). The van der Waals surface area contributed by atoms with Crippen LogP contribution in [0.1, 0.15) is 38.3 Å². The monoisotopic (exact) mass is 478 g/mol. The van der Waals surface area contributed by atoms with Gasteiger partial charge in [0.25, 0.3) is 0 Å². The summed E-state index contributed by atoms with van der Waals surface area (Å²) in [6, 6.07) is 12.6. The molecule has 5 N–H and O–H groups in total. The number of nitrogens with zero attached hydrogens (tertiary/aromatic N) is 1. The molecule has 1 unspecified atom stereocenters. The van der Waals surface area contributed by atoms with Crippen LogP contribution in [0.4, 0.5) is 11.4 Å². The highest BCUT2D eigenvalue weighted by Gasteiger charge is 2.23. The largest absolute Gasteiger partial charge is 0.508 e. The molecule has 1 aliphatic rings. The van der Waals surface area contributed by atoms with Crippen LogP contribution in [0.5, 0.6) is 5.75 Å². The normalized spacial score (nSPS) is 17.1. The van der Waals surface area contributed by atoms with Gasteiger partial charge in [0.1, 0.15) is 5.75 Å². The van der Waals surface area contributed by atoms with Crippen molar-refractivity contribution in [2.24, 2.45) is 5.92 Å². The van der Waals surface area contributed by atoms with E-state index in [2.05, 4.69) is 10.6 Å². The molecule has 0 spiro atoms. The molecule has 35 heavy (non-hydrogen) atoms. The maximum atomic E-state index is 13.1. The van der Waals surface area contributed by atoms with Crippen molar-refractivity contribution in [1.29, 1.82) is 0 Å². The van der Waals surface area contributed by atoms with E-state index in [1.54, 1.807) is 17.0 Å². The van der Waals surface area contributed by atoms with Gasteiger partial charge in [-0.3, -0.25) is 9.59 Å². The molecule has 7 heteroatoms. The summed E-state index contributed by atoms with van der Waals surface area (Å²) in [4.78, 5) is 26.6. The van der Waals surface area contributed by atoms with Crippen LogP contribution in [0.2, 0.25) is 0 Å². The molecule has 0 aliphatic carbocycles. The van der Waals surface area contributed by atoms with Gasteiger partial charge in [-0.1, -0.05) is 38.1 Å². The molecule has 2 aromatic rings. The number of hydrogen-bond donors (Lipinski definition) is 4. The summed E-state index contributed by atoms with van der Waals surface area (Å²) in [7, 11) is 0. The van der Waals surface area contributed by atoms with E-state index in [0.29, 0.717) is 44.6 Å². The Morgan fingerprint density at radius 1 is 1.23 bits per heavy atom. The third kappa shape index (κ3) is 8.52. The Balaban J connectivity index is 0.00000210. The van der Waals surface area contributed by atoms with Crippen LogP contribution in [0.3, 0.4) is 0 Å². The number of hydrogen-bond acceptors (Lipinski definition) is 5. The van der Waals surface area contributed by atoms with Gasteiger partial charge in [0, 0.05) is 36.1 Å². The van der Waals surface area contributed by atoms with Crippen molar-refractivity contribution >= 4 is 23.7 Å². The number of amides is 2. The fourth-order valence-corrected chi connectivity index (χ4v) is 3.89. The Labute approximate surface area is 208 Å². The summed E-state index contributed by atoms with van der Waals surface area (Å²) >= 11 is 0. The van der Waals surface area contributed by atoms with Crippen molar-refractivity contribution in [2.45, 2.75) is 40.0 Å². The smallest absolute Gasteiger partial charge is 0.223 e. The van der Waals surface area contributed by atoms with E-state index in [-0.39, 0.29) is 17.6 Å². The molecule has 7 nitrogen and oxygen atoms in total. The number of nitrogens with one attached hydrogen (secondary N) is 2. The van der Waals surface area contributed by atoms with Crippen LogP contribution in [-0.4, -0.2) is 42.0 Å². The third-order valence-electron chi connectivity index (χ3n) is 5.77. The number of nitrogen functional groups attached to an aromatic ring is 1. The van der Waals surface area contributed by atoms with Crippen molar-refractivity contribution in [3.63, 3.8) is 0 Å². The molecule has 0 bridgehead atoms. The summed E-state index contributed by atoms with van der Waals surface area (Å²) in [5.74, 6) is -0.137. The van der Waals surface area contributed by atoms with Crippen LogP contribution in [0, 0.1) is 5.92 Å². The van der Waals surface area contributed by atoms with Gasteiger partial charge < -0.3 is 26.4 Å². The second-order valence-corrected chi connectivity index (χ2v) is 8.15. The van der Waals surface area contributed by atoms with Crippen molar-refractivity contribution in [3.8, 4) is 5.75 Å². The molecule has 1 heterocycles. The second kappa shape index (κ2) is 14.5. The minimum atomic E-state index is -0.310. The number of rotatable bonds is 6. The zero-order valence-corrected chi connectivity index (χ0v) is 21.0. The minimum Gasteiger partial charge on any atom is -0.508 e. The lowest BCUT2D eigenvalue weighted by Gasteiger charge is -2.27. The predicted molar refractivity (Wildman–Crippen MR) is 143 cm³/mol. The van der Waals surface area contributed by atoms with Crippen LogP contribution >= 0.6 is 0 Å². The van der Waals surface area contributed by atoms with Crippen molar-refractivity contribution in [3.05, 3.63) is 77.5 Å². The van der Waals surface area contributed by atoms with Crippen LogP contribution in [0.15, 0.2) is 66.4 Å². The van der Waals surface area contributed by atoms with Gasteiger partial charge in [0.2, 0.25) is 12.3 Å². The average molecular weight is 479 g/mol. The molecule has 2 aromatic carbocycles. The molecule has 188 valence electrons. The van der Waals surface area contributed by atoms with Gasteiger partial charge in [0.15, 0.2) is 0 Å². The Hall–Kier alpha value is -3.74. The fraction of sp³-hybridized carbons (Fsp3) is 0.357. The quantitative estimate of drug-likeness (QED) is 0.367. The van der Waals surface area contributed by atoms with E-state index in [9.17, 15) is 14.7 Å². The number of fused-ring (bicyclic) bond motifs is 1. The lowest BCUT2D eigenvalue weighted by Crippen LogP contribution is -2.37. The van der Waals surface area contributed by atoms with Gasteiger partial charge in [0.05, 0.1) is 6.54 Å².